The summed E-state index contributed by atoms with van der Waals surface area (Å²) in [5.74, 6) is 1.38. The first-order chi connectivity index (χ1) is 9.65. The number of nitro groups is 1. The van der Waals surface area contributed by atoms with Gasteiger partial charge in [-0.3, -0.25) is 10.1 Å². The van der Waals surface area contributed by atoms with E-state index in [-0.39, 0.29) is 13.0 Å². The highest BCUT2D eigenvalue weighted by Crippen LogP contribution is 2.24. The Morgan fingerprint density at radius 1 is 1.05 bits per heavy atom. The van der Waals surface area contributed by atoms with E-state index in [4.69, 9.17) is 4.74 Å². The van der Waals surface area contributed by atoms with Crippen molar-refractivity contribution in [3.05, 3.63) is 70.3 Å². The van der Waals surface area contributed by atoms with Crippen LogP contribution in [0.2, 0.25) is 0 Å². The molecule has 1 N–H and O–H groups in total. The highest BCUT2D eigenvalue weighted by molar-refractivity contribution is 5.33. The minimum atomic E-state index is -0.828. The molecular formula is C15H15NO4. The molecule has 0 amide bonds. The predicted molar refractivity (Wildman–Crippen MR) is 74.4 cm³/mol. The number of hydrogen-bond acceptors (Lipinski definition) is 4. The minimum absolute atomic E-state index is 0.103. The first kappa shape index (κ1) is 14.0. The molecule has 2 aromatic carbocycles. The highest BCUT2D eigenvalue weighted by atomic mass is 16.6. The summed E-state index contributed by atoms with van der Waals surface area (Å²) in [5, 5.41) is 20.1. The van der Waals surface area contributed by atoms with Crippen LogP contribution in [0.3, 0.4) is 0 Å². The number of nitrogens with zero attached hydrogens (tertiary/aromatic N) is 1. The fourth-order valence-electron chi connectivity index (χ4n) is 1.78. The highest BCUT2D eigenvalue weighted by Gasteiger charge is 2.11. The maximum absolute atomic E-state index is 10.3. The SMILES string of the molecule is O=[N+]([O-])CCC(O)c1ccc(Oc2ccccc2)cc1. The Bertz CT molecular complexity index is 554. The van der Waals surface area contributed by atoms with E-state index >= 15 is 0 Å². The molecule has 0 saturated heterocycles. The first-order valence-corrected chi connectivity index (χ1v) is 6.28. The molecule has 20 heavy (non-hydrogen) atoms. The molecule has 0 fully saturated rings. The smallest absolute Gasteiger partial charge is 0.206 e. The summed E-state index contributed by atoms with van der Waals surface area (Å²) in [4.78, 5) is 9.83. The van der Waals surface area contributed by atoms with Gasteiger partial charge in [-0.05, 0) is 29.8 Å². The molecule has 2 aromatic rings. The summed E-state index contributed by atoms with van der Waals surface area (Å²) in [6.45, 7) is -0.247. The van der Waals surface area contributed by atoms with Gasteiger partial charge in [0.1, 0.15) is 11.5 Å². The first-order valence-electron chi connectivity index (χ1n) is 6.28. The molecule has 2 rings (SSSR count). The van der Waals surface area contributed by atoms with Crippen LogP contribution in [0.1, 0.15) is 18.1 Å². The third-order valence-electron chi connectivity index (χ3n) is 2.83. The molecule has 0 aliphatic heterocycles. The Kier molecular flexibility index (Phi) is 4.68. The Balaban J connectivity index is 1.97. The van der Waals surface area contributed by atoms with Gasteiger partial charge in [0, 0.05) is 11.3 Å². The van der Waals surface area contributed by atoms with E-state index in [1.807, 2.05) is 30.3 Å². The molecule has 1 atom stereocenters. The molecule has 1 unspecified atom stereocenters. The lowest BCUT2D eigenvalue weighted by Gasteiger charge is -2.10. The lowest BCUT2D eigenvalue weighted by atomic mass is 10.1. The Hall–Kier alpha value is -2.40. The number of para-hydroxylation sites is 1. The second-order valence-corrected chi connectivity index (χ2v) is 4.34. The molecule has 0 aromatic heterocycles. The van der Waals surface area contributed by atoms with Crippen molar-refractivity contribution in [2.45, 2.75) is 12.5 Å². The molecular weight excluding hydrogens is 258 g/mol. The lowest BCUT2D eigenvalue weighted by Crippen LogP contribution is -2.07. The standard InChI is InChI=1S/C15H15NO4/c17-15(10-11-16(18)19)12-6-8-14(9-7-12)20-13-4-2-1-3-5-13/h1-9,15,17H,10-11H2. The number of benzene rings is 2. The van der Waals surface area contributed by atoms with Crippen LogP contribution in [-0.4, -0.2) is 16.6 Å². The molecule has 5 nitrogen and oxygen atoms in total. The van der Waals surface area contributed by atoms with Gasteiger partial charge in [-0.15, -0.1) is 0 Å². The van der Waals surface area contributed by atoms with E-state index < -0.39 is 11.0 Å². The van der Waals surface area contributed by atoms with E-state index in [1.54, 1.807) is 24.3 Å². The summed E-state index contributed by atoms with van der Waals surface area (Å²) in [7, 11) is 0. The quantitative estimate of drug-likeness (QED) is 0.648. The normalized spacial score (nSPS) is 11.8. The Morgan fingerprint density at radius 2 is 1.65 bits per heavy atom. The fraction of sp³-hybridized carbons (Fsp3) is 0.200. The summed E-state index contributed by atoms with van der Waals surface area (Å²) >= 11 is 0. The molecule has 0 saturated carbocycles. The number of aliphatic hydroxyl groups is 1. The maximum Gasteiger partial charge on any atom is 0.206 e. The minimum Gasteiger partial charge on any atom is -0.457 e. The van der Waals surface area contributed by atoms with Crippen molar-refractivity contribution in [3.8, 4) is 11.5 Å². The monoisotopic (exact) mass is 273 g/mol. The van der Waals surface area contributed by atoms with Gasteiger partial charge in [0.15, 0.2) is 0 Å². The fourth-order valence-corrected chi connectivity index (χ4v) is 1.78. The second-order valence-electron chi connectivity index (χ2n) is 4.34. The average molecular weight is 273 g/mol. The van der Waals surface area contributed by atoms with Gasteiger partial charge in [-0.2, -0.15) is 0 Å². The van der Waals surface area contributed by atoms with Crippen LogP contribution in [-0.2, 0) is 0 Å². The Labute approximate surface area is 116 Å². The van der Waals surface area contributed by atoms with Crippen molar-refractivity contribution in [2.24, 2.45) is 0 Å². The maximum atomic E-state index is 10.3. The van der Waals surface area contributed by atoms with Crippen LogP contribution in [0.5, 0.6) is 11.5 Å². The predicted octanol–water partition coefficient (Wildman–Crippen LogP) is 3.18. The van der Waals surface area contributed by atoms with Crippen LogP contribution in [0.25, 0.3) is 0 Å². The lowest BCUT2D eigenvalue weighted by molar-refractivity contribution is -0.482. The van der Waals surface area contributed by atoms with Crippen molar-refractivity contribution in [1.29, 1.82) is 0 Å². The summed E-state index contributed by atoms with van der Waals surface area (Å²) < 4.78 is 5.62. The van der Waals surface area contributed by atoms with Crippen LogP contribution < -0.4 is 4.74 Å². The zero-order valence-corrected chi connectivity index (χ0v) is 10.8. The number of rotatable bonds is 6. The van der Waals surface area contributed by atoms with Crippen LogP contribution in [0, 0.1) is 10.1 Å². The van der Waals surface area contributed by atoms with Crippen molar-refractivity contribution in [2.75, 3.05) is 6.54 Å². The van der Waals surface area contributed by atoms with Crippen molar-refractivity contribution >= 4 is 0 Å². The van der Waals surface area contributed by atoms with Gasteiger partial charge in [0.2, 0.25) is 6.54 Å². The second kappa shape index (κ2) is 6.68. The third-order valence-corrected chi connectivity index (χ3v) is 2.83. The van der Waals surface area contributed by atoms with Gasteiger partial charge in [-0.1, -0.05) is 30.3 Å². The molecule has 0 spiro atoms. The molecule has 0 aliphatic rings. The van der Waals surface area contributed by atoms with Crippen molar-refractivity contribution < 1.29 is 14.8 Å². The van der Waals surface area contributed by atoms with Gasteiger partial charge in [-0.25, -0.2) is 0 Å². The third kappa shape index (κ3) is 4.07. The molecule has 5 heteroatoms. The number of ether oxygens (including phenoxy) is 1. The summed E-state index contributed by atoms with van der Waals surface area (Å²) in [6, 6.07) is 16.2. The van der Waals surface area contributed by atoms with E-state index in [1.165, 1.54) is 0 Å². The molecule has 0 bridgehead atoms. The average Bonchev–Trinajstić information content (AvgIpc) is 2.46. The van der Waals surface area contributed by atoms with Gasteiger partial charge >= 0.3 is 0 Å². The van der Waals surface area contributed by atoms with E-state index in [2.05, 4.69) is 0 Å². The van der Waals surface area contributed by atoms with E-state index in [0.717, 1.165) is 5.75 Å². The number of aliphatic hydroxyl groups excluding tert-OH is 1. The van der Waals surface area contributed by atoms with Gasteiger partial charge in [0.25, 0.3) is 0 Å². The van der Waals surface area contributed by atoms with Crippen LogP contribution in [0.15, 0.2) is 54.6 Å². The summed E-state index contributed by atoms with van der Waals surface area (Å²) in [5.41, 5.74) is 0.646. The molecule has 0 aliphatic carbocycles. The van der Waals surface area contributed by atoms with E-state index in [9.17, 15) is 15.2 Å². The topological polar surface area (TPSA) is 72.6 Å². The molecule has 104 valence electrons. The zero-order chi connectivity index (χ0) is 14.4. The van der Waals surface area contributed by atoms with Gasteiger partial charge < -0.3 is 9.84 Å². The number of hydrogen-bond donors (Lipinski definition) is 1. The van der Waals surface area contributed by atoms with Crippen molar-refractivity contribution in [1.82, 2.24) is 0 Å². The molecule has 0 radical (unpaired) electrons. The van der Waals surface area contributed by atoms with Gasteiger partial charge in [0.05, 0.1) is 6.10 Å². The molecule has 0 heterocycles. The summed E-state index contributed by atoms with van der Waals surface area (Å²) in [6.07, 6.45) is -0.725. The van der Waals surface area contributed by atoms with Crippen molar-refractivity contribution in [3.63, 3.8) is 0 Å². The van der Waals surface area contributed by atoms with E-state index in [0.29, 0.717) is 11.3 Å². The zero-order valence-electron chi connectivity index (χ0n) is 10.8. The van der Waals surface area contributed by atoms with Crippen LogP contribution >= 0.6 is 0 Å². The largest absolute Gasteiger partial charge is 0.457 e. The van der Waals surface area contributed by atoms with Crippen LogP contribution in [0.4, 0.5) is 0 Å². The Morgan fingerprint density at radius 3 is 2.25 bits per heavy atom.